The van der Waals surface area contributed by atoms with E-state index in [1.807, 2.05) is 27.7 Å². The first-order chi connectivity index (χ1) is 16.7. The number of allylic oxidation sites excluding steroid dienone is 3. The van der Waals surface area contributed by atoms with E-state index in [4.69, 9.17) is 0 Å². The first-order valence-electron chi connectivity index (χ1n) is 14.6. The Morgan fingerprint density at radius 1 is 1.00 bits per heavy atom. The van der Waals surface area contributed by atoms with Crippen LogP contribution in [0.15, 0.2) is 35.5 Å². The fourth-order valence-electron chi connectivity index (χ4n) is 7.66. The Balaban J connectivity index is 1.77. The Labute approximate surface area is 220 Å². The van der Waals surface area contributed by atoms with Gasteiger partial charge in [0.25, 0.3) is 0 Å². The summed E-state index contributed by atoms with van der Waals surface area (Å²) < 4.78 is 0. The van der Waals surface area contributed by atoms with Crippen molar-refractivity contribution < 1.29 is 20.4 Å². The highest BCUT2D eigenvalue weighted by molar-refractivity contribution is 5.38. The third-order valence-corrected chi connectivity index (χ3v) is 9.60. The van der Waals surface area contributed by atoms with Crippen molar-refractivity contribution >= 4 is 0 Å². The molecular formula is C32H54O4. The molecule has 0 heterocycles. The third kappa shape index (κ3) is 7.79. The summed E-state index contributed by atoms with van der Waals surface area (Å²) in [6.45, 7) is 14.3. The summed E-state index contributed by atoms with van der Waals surface area (Å²) in [4.78, 5) is 0. The number of aliphatic hydroxyl groups is 4. The minimum atomic E-state index is -0.639. The molecule has 3 saturated carbocycles. The Kier molecular flexibility index (Phi) is 9.74. The highest BCUT2D eigenvalue weighted by atomic mass is 16.3. The van der Waals surface area contributed by atoms with Crippen LogP contribution in [0.2, 0.25) is 0 Å². The van der Waals surface area contributed by atoms with Crippen LogP contribution in [0.5, 0.6) is 0 Å². The van der Waals surface area contributed by atoms with E-state index in [0.717, 1.165) is 56.1 Å². The molecule has 36 heavy (non-hydrogen) atoms. The molecular weight excluding hydrogens is 448 g/mol. The lowest BCUT2D eigenvalue weighted by Crippen LogP contribution is -2.37. The number of hydrogen-bond donors (Lipinski definition) is 4. The molecule has 0 aromatic carbocycles. The van der Waals surface area contributed by atoms with E-state index in [0.29, 0.717) is 36.0 Å². The van der Waals surface area contributed by atoms with Gasteiger partial charge in [-0.2, -0.15) is 0 Å². The van der Waals surface area contributed by atoms with Gasteiger partial charge in [0.15, 0.2) is 0 Å². The standard InChI is InChI=1S/C32H54O4/c1-22-25(20-26(33)21-29(22)34)14-13-24-12-9-19-32(6)27(15-16-28(24)32)23(10-7-17-30(2,3)35)11-8-18-31(4,5)36/h13-14,23,26-29,33-36H,1,7-12,15-21H2,2-6H3/b24-13?,25-14-/t26-,27-,28?,29-,32-/m1/s1. The van der Waals surface area contributed by atoms with Gasteiger partial charge in [-0.1, -0.05) is 56.9 Å². The maximum Gasteiger partial charge on any atom is 0.0811 e. The number of rotatable bonds is 10. The highest BCUT2D eigenvalue weighted by Gasteiger charge is 2.51. The van der Waals surface area contributed by atoms with Crippen molar-refractivity contribution in [1.29, 1.82) is 0 Å². The second-order valence-electron chi connectivity index (χ2n) is 13.8. The molecule has 5 atom stereocenters. The average molecular weight is 503 g/mol. The predicted molar refractivity (Wildman–Crippen MR) is 149 cm³/mol. The zero-order valence-corrected chi connectivity index (χ0v) is 23.7. The van der Waals surface area contributed by atoms with Crippen molar-refractivity contribution in [1.82, 2.24) is 0 Å². The van der Waals surface area contributed by atoms with Crippen molar-refractivity contribution in [2.75, 3.05) is 0 Å². The molecule has 0 bridgehead atoms. The molecule has 3 aliphatic carbocycles. The highest BCUT2D eigenvalue weighted by Crippen LogP contribution is 2.60. The van der Waals surface area contributed by atoms with E-state index in [2.05, 4.69) is 25.7 Å². The van der Waals surface area contributed by atoms with Crippen LogP contribution in [-0.4, -0.2) is 43.8 Å². The van der Waals surface area contributed by atoms with E-state index in [9.17, 15) is 20.4 Å². The lowest BCUT2D eigenvalue weighted by atomic mass is 9.60. The van der Waals surface area contributed by atoms with Gasteiger partial charge in [0, 0.05) is 6.42 Å². The van der Waals surface area contributed by atoms with Gasteiger partial charge in [-0.05, 0) is 113 Å². The summed E-state index contributed by atoms with van der Waals surface area (Å²) in [6, 6.07) is 0. The molecule has 1 unspecified atom stereocenters. The largest absolute Gasteiger partial charge is 0.393 e. The van der Waals surface area contributed by atoms with E-state index in [-0.39, 0.29) is 0 Å². The second kappa shape index (κ2) is 11.8. The van der Waals surface area contributed by atoms with Gasteiger partial charge >= 0.3 is 0 Å². The average Bonchev–Trinajstić information content (AvgIpc) is 3.10. The van der Waals surface area contributed by atoms with Crippen molar-refractivity contribution in [2.45, 2.75) is 141 Å². The molecule has 0 aromatic heterocycles. The van der Waals surface area contributed by atoms with Gasteiger partial charge in [-0.25, -0.2) is 0 Å². The summed E-state index contributed by atoms with van der Waals surface area (Å²) in [5.74, 6) is 1.90. The molecule has 4 N–H and O–H groups in total. The van der Waals surface area contributed by atoms with Crippen LogP contribution in [0.4, 0.5) is 0 Å². The first-order valence-corrected chi connectivity index (χ1v) is 14.6. The van der Waals surface area contributed by atoms with Crippen molar-refractivity contribution in [3.8, 4) is 0 Å². The zero-order chi connectivity index (χ0) is 26.7. The fraction of sp³-hybridized carbons (Fsp3) is 0.812. The molecule has 4 nitrogen and oxygen atoms in total. The molecule has 3 rings (SSSR count). The van der Waals surface area contributed by atoms with E-state index in [1.165, 1.54) is 31.3 Å². The Morgan fingerprint density at radius 2 is 1.61 bits per heavy atom. The minimum Gasteiger partial charge on any atom is -0.393 e. The molecule has 206 valence electrons. The van der Waals surface area contributed by atoms with Crippen LogP contribution in [-0.2, 0) is 0 Å². The topological polar surface area (TPSA) is 80.9 Å². The zero-order valence-electron chi connectivity index (χ0n) is 23.7. The lowest BCUT2D eigenvalue weighted by Gasteiger charge is -2.45. The number of hydrogen-bond acceptors (Lipinski definition) is 4. The Hall–Kier alpha value is -0.940. The lowest BCUT2D eigenvalue weighted by molar-refractivity contribution is 0.0480. The Morgan fingerprint density at radius 3 is 2.19 bits per heavy atom. The van der Waals surface area contributed by atoms with Gasteiger partial charge in [0.2, 0.25) is 0 Å². The van der Waals surface area contributed by atoms with Crippen LogP contribution < -0.4 is 0 Å². The van der Waals surface area contributed by atoms with E-state index < -0.39 is 23.4 Å². The van der Waals surface area contributed by atoms with Crippen molar-refractivity contribution in [2.24, 2.45) is 23.2 Å². The molecule has 3 fully saturated rings. The van der Waals surface area contributed by atoms with Crippen LogP contribution in [0.3, 0.4) is 0 Å². The van der Waals surface area contributed by atoms with Crippen LogP contribution in [0, 0.1) is 23.2 Å². The maximum absolute atomic E-state index is 10.3. The molecule has 0 radical (unpaired) electrons. The smallest absolute Gasteiger partial charge is 0.0811 e. The monoisotopic (exact) mass is 502 g/mol. The summed E-state index contributed by atoms with van der Waals surface area (Å²) in [7, 11) is 0. The normalized spacial score (nSPS) is 34.1. The van der Waals surface area contributed by atoms with Crippen LogP contribution in [0.25, 0.3) is 0 Å². The van der Waals surface area contributed by atoms with Gasteiger partial charge < -0.3 is 20.4 Å². The second-order valence-corrected chi connectivity index (χ2v) is 13.8. The SMILES string of the molecule is C=C1/C(=C\C=C2CCC[C@@]3(C)C2CC[C@@H]3C(CCCC(C)(C)O)CCCC(C)(C)O)C[C@@H](O)C[C@H]1O. The minimum absolute atomic E-state index is 0.291. The predicted octanol–water partition coefficient (Wildman–Crippen LogP) is 6.63. The van der Waals surface area contributed by atoms with Crippen LogP contribution >= 0.6 is 0 Å². The maximum atomic E-state index is 10.3. The molecule has 0 aliphatic heterocycles. The van der Waals surface area contributed by atoms with Gasteiger partial charge in [0.05, 0.1) is 23.4 Å². The van der Waals surface area contributed by atoms with E-state index in [1.54, 1.807) is 0 Å². The van der Waals surface area contributed by atoms with Gasteiger partial charge in [-0.3, -0.25) is 0 Å². The Bertz CT molecular complexity index is 791. The fourth-order valence-corrected chi connectivity index (χ4v) is 7.66. The quantitative estimate of drug-likeness (QED) is 0.270. The number of aliphatic hydroxyl groups excluding tert-OH is 2. The van der Waals surface area contributed by atoms with Crippen molar-refractivity contribution in [3.63, 3.8) is 0 Å². The molecule has 0 saturated heterocycles. The summed E-state index contributed by atoms with van der Waals surface area (Å²) >= 11 is 0. The summed E-state index contributed by atoms with van der Waals surface area (Å²) in [5.41, 5.74) is 2.36. The van der Waals surface area contributed by atoms with Crippen molar-refractivity contribution in [3.05, 3.63) is 35.5 Å². The molecule has 0 amide bonds. The van der Waals surface area contributed by atoms with Crippen LogP contribution in [0.1, 0.15) is 118 Å². The van der Waals surface area contributed by atoms with E-state index >= 15 is 0 Å². The molecule has 4 heteroatoms. The molecule has 0 spiro atoms. The first kappa shape index (κ1) is 29.6. The third-order valence-electron chi connectivity index (χ3n) is 9.60. The summed E-state index contributed by atoms with van der Waals surface area (Å²) in [5, 5.41) is 40.9. The molecule has 0 aromatic rings. The van der Waals surface area contributed by atoms with Gasteiger partial charge in [0.1, 0.15) is 0 Å². The number of fused-ring (bicyclic) bond motifs is 1. The molecule has 3 aliphatic rings. The van der Waals surface area contributed by atoms with Gasteiger partial charge in [-0.15, -0.1) is 0 Å². The summed E-state index contributed by atoms with van der Waals surface area (Å²) in [6.07, 6.45) is 16.5.